The number of nitrogens with one attached hydrogen (secondary N) is 1. The SMILES string of the molecule is COCC(NC(=O)N1CCN(C(=O)c2ccco2)CC1)c1cccc(C(F)(F)F)c1. The van der Waals surface area contributed by atoms with Crippen LogP contribution in [-0.4, -0.2) is 61.6 Å². The number of hydrogen-bond acceptors (Lipinski definition) is 4. The van der Waals surface area contributed by atoms with Gasteiger partial charge in [-0.3, -0.25) is 4.79 Å². The highest BCUT2D eigenvalue weighted by molar-refractivity contribution is 5.91. The lowest BCUT2D eigenvalue weighted by molar-refractivity contribution is -0.137. The Morgan fingerprint density at radius 1 is 1.13 bits per heavy atom. The monoisotopic (exact) mass is 425 g/mol. The second kappa shape index (κ2) is 9.21. The molecule has 1 aromatic carbocycles. The van der Waals surface area contributed by atoms with E-state index in [1.807, 2.05) is 0 Å². The zero-order valence-electron chi connectivity index (χ0n) is 16.3. The Bertz CT molecular complexity index is 862. The van der Waals surface area contributed by atoms with Crippen LogP contribution in [0.1, 0.15) is 27.7 Å². The van der Waals surface area contributed by atoms with Gasteiger partial charge in [0.15, 0.2) is 5.76 Å². The van der Waals surface area contributed by atoms with E-state index in [9.17, 15) is 22.8 Å². The van der Waals surface area contributed by atoms with Crippen LogP contribution in [0, 0.1) is 0 Å². The van der Waals surface area contributed by atoms with Crippen molar-refractivity contribution in [3.8, 4) is 0 Å². The Labute approximate surface area is 171 Å². The number of nitrogens with zero attached hydrogens (tertiary/aromatic N) is 2. The van der Waals surface area contributed by atoms with Gasteiger partial charge in [0.2, 0.25) is 0 Å². The Balaban J connectivity index is 1.62. The van der Waals surface area contributed by atoms with Crippen LogP contribution in [0.5, 0.6) is 0 Å². The third-order valence-electron chi connectivity index (χ3n) is 4.83. The first-order chi connectivity index (χ1) is 14.3. The molecule has 1 aliphatic rings. The van der Waals surface area contributed by atoms with Crippen LogP contribution >= 0.6 is 0 Å². The summed E-state index contributed by atoms with van der Waals surface area (Å²) < 4.78 is 49.2. The molecule has 1 saturated heterocycles. The smallest absolute Gasteiger partial charge is 0.416 e. The number of ether oxygens (including phenoxy) is 1. The van der Waals surface area contributed by atoms with Gasteiger partial charge in [-0.1, -0.05) is 12.1 Å². The van der Waals surface area contributed by atoms with Crippen molar-refractivity contribution in [3.05, 3.63) is 59.5 Å². The predicted octanol–water partition coefficient (Wildman–Crippen LogP) is 3.15. The van der Waals surface area contributed by atoms with E-state index in [1.54, 1.807) is 17.0 Å². The number of carbonyl (C=O) groups excluding carboxylic acids is 2. The molecule has 0 radical (unpaired) electrons. The lowest BCUT2D eigenvalue weighted by atomic mass is 10.0. The molecule has 0 saturated carbocycles. The maximum Gasteiger partial charge on any atom is 0.416 e. The molecule has 1 aromatic heterocycles. The average Bonchev–Trinajstić information content (AvgIpc) is 3.27. The molecule has 162 valence electrons. The van der Waals surface area contributed by atoms with Crippen LogP contribution in [0.25, 0.3) is 0 Å². The number of furan rings is 1. The van der Waals surface area contributed by atoms with Crippen molar-refractivity contribution >= 4 is 11.9 Å². The molecule has 1 fully saturated rings. The first-order valence-corrected chi connectivity index (χ1v) is 9.34. The summed E-state index contributed by atoms with van der Waals surface area (Å²) in [6.07, 6.45) is -3.06. The van der Waals surface area contributed by atoms with Crippen molar-refractivity contribution in [2.75, 3.05) is 39.9 Å². The Hall–Kier alpha value is -3.01. The molecule has 1 atom stereocenters. The summed E-state index contributed by atoms with van der Waals surface area (Å²) in [6.45, 7) is 1.25. The van der Waals surface area contributed by atoms with E-state index in [2.05, 4.69) is 5.32 Å². The van der Waals surface area contributed by atoms with Crippen LogP contribution in [0.4, 0.5) is 18.0 Å². The minimum Gasteiger partial charge on any atom is -0.459 e. The molecule has 2 heterocycles. The van der Waals surface area contributed by atoms with Gasteiger partial charge in [0.25, 0.3) is 5.91 Å². The van der Waals surface area contributed by atoms with Gasteiger partial charge in [-0.2, -0.15) is 13.2 Å². The molecule has 0 spiro atoms. The third kappa shape index (κ3) is 5.12. The lowest BCUT2D eigenvalue weighted by Crippen LogP contribution is -2.53. The first kappa shape index (κ1) is 21.7. The second-order valence-electron chi connectivity index (χ2n) is 6.84. The highest BCUT2D eigenvalue weighted by atomic mass is 19.4. The second-order valence-corrected chi connectivity index (χ2v) is 6.84. The maximum absolute atomic E-state index is 13.0. The number of hydrogen-bond donors (Lipinski definition) is 1. The van der Waals surface area contributed by atoms with E-state index < -0.39 is 23.8 Å². The zero-order chi connectivity index (χ0) is 21.7. The Morgan fingerprint density at radius 3 is 2.43 bits per heavy atom. The highest BCUT2D eigenvalue weighted by Crippen LogP contribution is 2.31. The van der Waals surface area contributed by atoms with Crippen molar-refractivity contribution in [1.29, 1.82) is 0 Å². The van der Waals surface area contributed by atoms with Crippen LogP contribution in [0.2, 0.25) is 0 Å². The minimum absolute atomic E-state index is 0.0179. The summed E-state index contributed by atoms with van der Waals surface area (Å²) >= 11 is 0. The molecule has 0 aliphatic carbocycles. The van der Waals surface area contributed by atoms with Crippen molar-refractivity contribution < 1.29 is 31.9 Å². The molecular weight excluding hydrogens is 403 g/mol. The van der Waals surface area contributed by atoms with Crippen LogP contribution in [0.3, 0.4) is 0 Å². The van der Waals surface area contributed by atoms with Crippen LogP contribution < -0.4 is 5.32 Å². The summed E-state index contributed by atoms with van der Waals surface area (Å²) in [7, 11) is 1.41. The van der Waals surface area contributed by atoms with Gasteiger partial charge in [-0.25, -0.2) is 4.79 Å². The number of urea groups is 1. The van der Waals surface area contributed by atoms with Gasteiger partial charge in [0, 0.05) is 33.3 Å². The fourth-order valence-corrected chi connectivity index (χ4v) is 3.23. The number of piperazine rings is 1. The van der Waals surface area contributed by atoms with Gasteiger partial charge in [-0.15, -0.1) is 0 Å². The summed E-state index contributed by atoms with van der Waals surface area (Å²) in [6, 6.07) is 6.82. The molecule has 3 rings (SSSR count). The molecule has 0 bridgehead atoms. The molecule has 7 nitrogen and oxygen atoms in total. The number of halogens is 3. The summed E-state index contributed by atoms with van der Waals surface area (Å²) in [4.78, 5) is 28.1. The van der Waals surface area contributed by atoms with E-state index in [1.165, 1.54) is 30.4 Å². The fraction of sp³-hybridized carbons (Fsp3) is 0.400. The number of amides is 3. The number of carbonyl (C=O) groups is 2. The zero-order valence-corrected chi connectivity index (χ0v) is 16.3. The number of rotatable bonds is 5. The van der Waals surface area contributed by atoms with E-state index in [-0.39, 0.29) is 18.3 Å². The fourth-order valence-electron chi connectivity index (χ4n) is 3.23. The Kier molecular flexibility index (Phi) is 6.66. The number of benzene rings is 1. The molecule has 2 aromatic rings. The molecular formula is C20H22F3N3O4. The largest absolute Gasteiger partial charge is 0.459 e. The Morgan fingerprint density at radius 2 is 1.83 bits per heavy atom. The topological polar surface area (TPSA) is 75.0 Å². The molecule has 10 heteroatoms. The van der Waals surface area contributed by atoms with Gasteiger partial charge in [-0.05, 0) is 29.8 Å². The maximum atomic E-state index is 13.0. The van der Waals surface area contributed by atoms with Gasteiger partial charge in [0.05, 0.1) is 24.5 Å². The summed E-state index contributed by atoms with van der Waals surface area (Å²) in [5.74, 6) is -0.0149. The number of methoxy groups -OCH3 is 1. The van der Waals surface area contributed by atoms with Crippen molar-refractivity contribution in [2.24, 2.45) is 0 Å². The molecule has 30 heavy (non-hydrogen) atoms. The molecule has 1 N–H and O–H groups in total. The molecule has 1 unspecified atom stereocenters. The van der Waals surface area contributed by atoms with Crippen LogP contribution in [-0.2, 0) is 10.9 Å². The van der Waals surface area contributed by atoms with Crippen molar-refractivity contribution in [2.45, 2.75) is 12.2 Å². The first-order valence-electron chi connectivity index (χ1n) is 9.34. The summed E-state index contributed by atoms with van der Waals surface area (Å²) in [5.41, 5.74) is -0.493. The van der Waals surface area contributed by atoms with E-state index >= 15 is 0 Å². The average molecular weight is 425 g/mol. The number of alkyl halides is 3. The minimum atomic E-state index is -4.48. The van der Waals surface area contributed by atoms with Gasteiger partial charge in [0.1, 0.15) is 0 Å². The normalized spacial score (nSPS) is 15.7. The highest BCUT2D eigenvalue weighted by Gasteiger charge is 2.32. The lowest BCUT2D eigenvalue weighted by Gasteiger charge is -2.35. The van der Waals surface area contributed by atoms with E-state index in [0.717, 1.165) is 12.1 Å². The van der Waals surface area contributed by atoms with Crippen molar-refractivity contribution in [1.82, 2.24) is 15.1 Å². The molecule has 1 aliphatic heterocycles. The molecule has 3 amide bonds. The summed E-state index contributed by atoms with van der Waals surface area (Å²) in [5, 5.41) is 2.73. The predicted molar refractivity (Wildman–Crippen MR) is 101 cm³/mol. The van der Waals surface area contributed by atoms with E-state index in [4.69, 9.17) is 9.15 Å². The van der Waals surface area contributed by atoms with Crippen LogP contribution in [0.15, 0.2) is 47.1 Å². The van der Waals surface area contributed by atoms with Crippen molar-refractivity contribution in [3.63, 3.8) is 0 Å². The van der Waals surface area contributed by atoms with Gasteiger partial charge < -0.3 is 24.3 Å². The van der Waals surface area contributed by atoms with E-state index in [0.29, 0.717) is 31.7 Å². The van der Waals surface area contributed by atoms with Gasteiger partial charge >= 0.3 is 12.2 Å². The quantitative estimate of drug-likeness (QED) is 0.799. The third-order valence-corrected chi connectivity index (χ3v) is 4.83. The standard InChI is InChI=1S/C20H22F3N3O4/c1-29-13-16(14-4-2-5-15(12-14)20(21,22)23)24-19(28)26-9-7-25(8-10-26)18(27)17-6-3-11-30-17/h2-6,11-12,16H,7-10,13H2,1H3,(H,24,28).